The molecule has 4 heteroatoms. The van der Waals surface area contributed by atoms with Gasteiger partial charge in [-0.2, -0.15) is 0 Å². The lowest BCUT2D eigenvalue weighted by atomic mass is 10.1. The van der Waals surface area contributed by atoms with Gasteiger partial charge in [0, 0.05) is 56.7 Å². The lowest BCUT2D eigenvalue weighted by molar-refractivity contribution is 0.133. The molecule has 0 saturated heterocycles. The summed E-state index contributed by atoms with van der Waals surface area (Å²) in [5.74, 6) is 6.70. The second kappa shape index (κ2) is 25.3. The first-order valence-electron chi connectivity index (χ1n) is 19.8. The molecule has 4 rings (SSSR count). The number of benzene rings is 2. The largest absolute Gasteiger partial charge is 0.381 e. The Labute approximate surface area is 313 Å². The van der Waals surface area contributed by atoms with E-state index >= 15 is 0 Å². The second-order valence-electron chi connectivity index (χ2n) is 13.6. The highest BCUT2D eigenvalue weighted by Crippen LogP contribution is 2.30. The molecule has 0 aliphatic carbocycles. The average molecular weight is 711 g/mol. The van der Waals surface area contributed by atoms with E-state index in [1.807, 2.05) is 22.7 Å². The summed E-state index contributed by atoms with van der Waals surface area (Å²) in [4.78, 5) is 5.39. The zero-order chi connectivity index (χ0) is 34.9. The Kier molecular flexibility index (Phi) is 20.3. The number of thiophene rings is 2. The van der Waals surface area contributed by atoms with Gasteiger partial charge in [-0.1, -0.05) is 140 Å². The van der Waals surface area contributed by atoms with Crippen LogP contribution in [0.15, 0.2) is 72.8 Å². The van der Waals surface area contributed by atoms with Crippen molar-refractivity contribution in [1.82, 2.24) is 0 Å². The Balaban J connectivity index is 1.11. The van der Waals surface area contributed by atoms with Gasteiger partial charge < -0.3 is 9.47 Å². The van der Waals surface area contributed by atoms with Crippen LogP contribution < -0.4 is 0 Å². The number of rotatable bonds is 26. The van der Waals surface area contributed by atoms with Crippen molar-refractivity contribution in [1.29, 1.82) is 0 Å². The summed E-state index contributed by atoms with van der Waals surface area (Å²) in [5.41, 5.74) is 4.58. The molecule has 0 fully saturated rings. The summed E-state index contributed by atoms with van der Waals surface area (Å²) >= 11 is 3.75. The smallest absolute Gasteiger partial charge is 0.0514 e. The third kappa shape index (κ3) is 16.1. The molecular weight excluding hydrogens is 649 g/mol. The molecule has 2 heterocycles. The van der Waals surface area contributed by atoms with E-state index < -0.39 is 0 Å². The van der Waals surface area contributed by atoms with E-state index in [2.05, 4.69) is 98.5 Å². The van der Waals surface area contributed by atoms with Gasteiger partial charge >= 0.3 is 0 Å². The highest BCUT2D eigenvalue weighted by Gasteiger charge is 2.05. The van der Waals surface area contributed by atoms with Crippen LogP contribution >= 0.6 is 22.7 Å². The molecule has 0 saturated carbocycles. The molecule has 0 atom stereocenters. The molecule has 0 aliphatic rings. The average Bonchev–Trinajstić information content (AvgIpc) is 3.83. The molecule has 50 heavy (non-hydrogen) atoms. The first-order valence-corrected chi connectivity index (χ1v) is 21.4. The first-order chi connectivity index (χ1) is 24.7. The molecular formula is C46H62O2S2. The quantitative estimate of drug-likeness (QED) is 0.0477. The van der Waals surface area contributed by atoms with Crippen molar-refractivity contribution in [3.8, 4) is 32.7 Å². The predicted octanol–water partition coefficient (Wildman–Crippen LogP) is 13.9. The standard InChI is InChI=1S/C46H62O2S2/c1-3-5-7-9-11-13-15-17-35-47-37-33-43-29-31-45(49-43)41-25-21-39(22-26-41)19-20-40-23-27-42(28-24-40)46-32-30-44(50-46)34-38-48-36-18-16-14-12-10-8-6-4-2/h21-32H,3-18,33-38H2,1-2H3. The fraction of sp³-hybridized carbons (Fsp3) is 0.522. The molecule has 2 aromatic carbocycles. The van der Waals surface area contributed by atoms with Crippen LogP contribution in [0.5, 0.6) is 0 Å². The lowest BCUT2D eigenvalue weighted by Gasteiger charge is -2.04. The minimum Gasteiger partial charge on any atom is -0.381 e. The van der Waals surface area contributed by atoms with E-state index in [-0.39, 0.29) is 0 Å². The molecule has 0 bridgehead atoms. The number of ether oxygens (including phenoxy) is 2. The lowest BCUT2D eigenvalue weighted by Crippen LogP contribution is -1.99. The normalized spacial score (nSPS) is 11.2. The number of unbranched alkanes of at least 4 members (excludes halogenated alkanes) is 14. The van der Waals surface area contributed by atoms with Gasteiger partial charge in [-0.15, -0.1) is 22.7 Å². The van der Waals surface area contributed by atoms with Gasteiger partial charge in [0.25, 0.3) is 0 Å². The molecule has 0 unspecified atom stereocenters. The molecule has 0 radical (unpaired) electrons. The van der Waals surface area contributed by atoms with Crippen LogP contribution in [0, 0.1) is 11.8 Å². The number of hydrogen-bond donors (Lipinski definition) is 0. The molecule has 2 aromatic heterocycles. The van der Waals surface area contributed by atoms with Gasteiger partial charge in [0.15, 0.2) is 0 Å². The second-order valence-corrected chi connectivity index (χ2v) is 15.9. The minimum atomic E-state index is 0.815. The van der Waals surface area contributed by atoms with Gasteiger partial charge in [-0.3, -0.25) is 0 Å². The summed E-state index contributed by atoms with van der Waals surface area (Å²) in [7, 11) is 0. The van der Waals surface area contributed by atoms with E-state index in [0.29, 0.717) is 0 Å². The van der Waals surface area contributed by atoms with Gasteiger partial charge in [0.2, 0.25) is 0 Å². The molecule has 0 spiro atoms. The summed E-state index contributed by atoms with van der Waals surface area (Å²) in [6.45, 7) is 7.97. The van der Waals surface area contributed by atoms with Crippen LogP contribution in [0.1, 0.15) is 137 Å². The summed E-state index contributed by atoms with van der Waals surface area (Å²) in [6, 6.07) is 26.3. The predicted molar refractivity (Wildman–Crippen MR) is 220 cm³/mol. The summed E-state index contributed by atoms with van der Waals surface area (Å²) in [5, 5.41) is 0. The maximum Gasteiger partial charge on any atom is 0.0514 e. The van der Waals surface area contributed by atoms with Crippen molar-refractivity contribution >= 4 is 22.7 Å². The van der Waals surface area contributed by atoms with Gasteiger partial charge in [0.05, 0.1) is 13.2 Å². The number of hydrogen-bond acceptors (Lipinski definition) is 4. The maximum absolute atomic E-state index is 5.93. The molecule has 4 aromatic rings. The van der Waals surface area contributed by atoms with E-state index in [1.54, 1.807) is 0 Å². The maximum atomic E-state index is 5.93. The van der Waals surface area contributed by atoms with E-state index in [9.17, 15) is 0 Å². The summed E-state index contributed by atoms with van der Waals surface area (Å²) in [6.07, 6.45) is 23.5. The van der Waals surface area contributed by atoms with Crippen LogP contribution in [0.3, 0.4) is 0 Å². The van der Waals surface area contributed by atoms with Crippen LogP contribution in [0.25, 0.3) is 20.9 Å². The van der Waals surface area contributed by atoms with E-state index in [1.165, 1.54) is 133 Å². The van der Waals surface area contributed by atoms with Crippen LogP contribution in [-0.4, -0.2) is 26.4 Å². The zero-order valence-corrected chi connectivity index (χ0v) is 32.8. The Hall–Kier alpha value is -2.68. The summed E-state index contributed by atoms with van der Waals surface area (Å²) < 4.78 is 11.9. The zero-order valence-electron chi connectivity index (χ0n) is 31.1. The molecule has 0 N–H and O–H groups in total. The fourth-order valence-corrected chi connectivity index (χ4v) is 8.13. The Bertz CT molecular complexity index is 1370. The fourth-order valence-electron chi connectivity index (χ4n) is 6.14. The monoisotopic (exact) mass is 710 g/mol. The van der Waals surface area contributed by atoms with Crippen molar-refractivity contribution in [2.45, 2.75) is 129 Å². The van der Waals surface area contributed by atoms with Crippen molar-refractivity contribution in [2.24, 2.45) is 0 Å². The third-order valence-corrected chi connectivity index (χ3v) is 11.7. The van der Waals surface area contributed by atoms with Crippen molar-refractivity contribution in [2.75, 3.05) is 26.4 Å². The van der Waals surface area contributed by atoms with Crippen molar-refractivity contribution in [3.63, 3.8) is 0 Å². The van der Waals surface area contributed by atoms with Crippen molar-refractivity contribution < 1.29 is 9.47 Å². The van der Waals surface area contributed by atoms with Crippen LogP contribution in [-0.2, 0) is 22.3 Å². The topological polar surface area (TPSA) is 18.5 Å². The van der Waals surface area contributed by atoms with Gasteiger partial charge in [-0.25, -0.2) is 0 Å². The van der Waals surface area contributed by atoms with Crippen LogP contribution in [0.4, 0.5) is 0 Å². The Morgan fingerprint density at radius 2 is 0.760 bits per heavy atom. The van der Waals surface area contributed by atoms with E-state index in [4.69, 9.17) is 9.47 Å². The Morgan fingerprint density at radius 3 is 1.14 bits per heavy atom. The molecule has 0 aliphatic heterocycles. The molecule has 2 nitrogen and oxygen atoms in total. The SMILES string of the molecule is CCCCCCCCCCOCCc1ccc(-c2ccc(C#Cc3ccc(-c4ccc(CCOCCCCCCCCCC)s4)cc3)cc2)s1. The Morgan fingerprint density at radius 1 is 0.400 bits per heavy atom. The van der Waals surface area contributed by atoms with Gasteiger partial charge in [0.1, 0.15) is 0 Å². The first kappa shape index (κ1) is 40.1. The highest BCUT2D eigenvalue weighted by molar-refractivity contribution is 7.15. The third-order valence-electron chi connectivity index (χ3n) is 9.28. The van der Waals surface area contributed by atoms with Crippen molar-refractivity contribution in [3.05, 3.63) is 93.7 Å². The molecule has 0 amide bonds. The highest BCUT2D eigenvalue weighted by atomic mass is 32.1. The van der Waals surface area contributed by atoms with Crippen LogP contribution in [0.2, 0.25) is 0 Å². The molecule has 270 valence electrons. The van der Waals surface area contributed by atoms with Gasteiger partial charge in [-0.05, 0) is 72.5 Å². The van der Waals surface area contributed by atoms with E-state index in [0.717, 1.165) is 50.4 Å². The minimum absolute atomic E-state index is 0.815.